The topological polar surface area (TPSA) is 47.3 Å². The molecule has 1 aliphatic rings. The van der Waals surface area contributed by atoms with Crippen LogP contribution in [0.15, 0.2) is 40.6 Å². The second-order valence-corrected chi connectivity index (χ2v) is 5.06. The molecule has 0 amide bonds. The molecule has 0 radical (unpaired) electrons. The molecule has 0 saturated heterocycles. The smallest absolute Gasteiger partial charge is 0.111 e. The summed E-state index contributed by atoms with van der Waals surface area (Å²) >= 11 is 3.43. The molecule has 0 aromatic heterocycles. The third-order valence-electron chi connectivity index (χ3n) is 2.86. The zero-order valence-corrected chi connectivity index (χ0v) is 11.2. The highest BCUT2D eigenvalue weighted by Gasteiger charge is 2.16. The average molecular weight is 297 g/mol. The highest BCUT2D eigenvalue weighted by Crippen LogP contribution is 2.18. The summed E-state index contributed by atoms with van der Waals surface area (Å²) in [6, 6.07) is 8.34. The lowest BCUT2D eigenvalue weighted by atomic mass is 10.0. The Hall–Kier alpha value is -0.840. The number of allylic oxidation sites excluding steroid dienone is 1. The van der Waals surface area contributed by atoms with E-state index in [9.17, 15) is 0 Å². The molecular weight excluding hydrogens is 280 g/mol. The van der Waals surface area contributed by atoms with Gasteiger partial charge in [-0.15, -0.1) is 0 Å². The van der Waals surface area contributed by atoms with E-state index in [1.807, 2.05) is 12.1 Å². The molecule has 3 N–H and O–H groups in total. The molecule has 4 heteroatoms. The van der Waals surface area contributed by atoms with Gasteiger partial charge in [-0.3, -0.25) is 5.84 Å². The fourth-order valence-corrected chi connectivity index (χ4v) is 2.18. The van der Waals surface area contributed by atoms with Crippen molar-refractivity contribution >= 4 is 15.9 Å². The minimum Gasteiger partial charge on any atom is -0.497 e. The van der Waals surface area contributed by atoms with Gasteiger partial charge in [-0.1, -0.05) is 28.1 Å². The largest absolute Gasteiger partial charge is 0.497 e. The van der Waals surface area contributed by atoms with Gasteiger partial charge in [-0.2, -0.15) is 0 Å². The van der Waals surface area contributed by atoms with Crippen molar-refractivity contribution in [3.05, 3.63) is 46.1 Å². The minimum absolute atomic E-state index is 0.0662. The van der Waals surface area contributed by atoms with Gasteiger partial charge >= 0.3 is 0 Å². The van der Waals surface area contributed by atoms with Crippen molar-refractivity contribution in [3.63, 3.8) is 0 Å². The first-order valence-electron chi connectivity index (χ1n) is 5.83. The Morgan fingerprint density at radius 1 is 1.35 bits per heavy atom. The van der Waals surface area contributed by atoms with Crippen LogP contribution in [0.25, 0.3) is 0 Å². The Bertz CT molecular complexity index is 389. The van der Waals surface area contributed by atoms with Crippen LogP contribution in [0.2, 0.25) is 0 Å². The van der Waals surface area contributed by atoms with Crippen LogP contribution < -0.4 is 11.3 Å². The normalized spacial score (nSPS) is 17.2. The average Bonchev–Trinajstić information content (AvgIpc) is 2.39. The fourth-order valence-electron chi connectivity index (χ4n) is 1.92. The Morgan fingerprint density at radius 3 is 2.71 bits per heavy atom. The Kier molecular flexibility index (Phi) is 4.59. The number of hydrogen-bond acceptors (Lipinski definition) is 3. The molecule has 0 bridgehead atoms. The lowest BCUT2D eigenvalue weighted by Crippen LogP contribution is -2.39. The third-order valence-corrected chi connectivity index (χ3v) is 3.39. The number of nitrogens with one attached hydrogen (secondary N) is 1. The molecule has 0 saturated carbocycles. The third kappa shape index (κ3) is 3.56. The van der Waals surface area contributed by atoms with Crippen LogP contribution in [0.5, 0.6) is 0 Å². The van der Waals surface area contributed by atoms with E-state index in [4.69, 9.17) is 10.6 Å². The molecule has 1 aromatic carbocycles. The van der Waals surface area contributed by atoms with Crippen molar-refractivity contribution in [2.75, 3.05) is 6.61 Å². The van der Waals surface area contributed by atoms with Crippen molar-refractivity contribution in [2.24, 2.45) is 5.84 Å². The maximum atomic E-state index is 5.64. The number of hydrazine groups is 1. The van der Waals surface area contributed by atoms with Gasteiger partial charge in [0.1, 0.15) is 5.76 Å². The zero-order valence-electron chi connectivity index (χ0n) is 9.66. The molecule has 2 rings (SSSR count). The molecule has 1 aliphatic heterocycles. The van der Waals surface area contributed by atoms with Crippen molar-refractivity contribution in [1.29, 1.82) is 0 Å². The highest BCUT2D eigenvalue weighted by molar-refractivity contribution is 9.10. The molecule has 17 heavy (non-hydrogen) atoms. The predicted molar refractivity (Wildman–Crippen MR) is 72.2 cm³/mol. The van der Waals surface area contributed by atoms with Gasteiger partial charge in [0, 0.05) is 4.47 Å². The molecular formula is C13H17BrN2O. The molecule has 3 nitrogen and oxygen atoms in total. The van der Waals surface area contributed by atoms with Crippen molar-refractivity contribution in [3.8, 4) is 0 Å². The first-order chi connectivity index (χ1) is 8.29. The van der Waals surface area contributed by atoms with Crippen molar-refractivity contribution < 1.29 is 4.74 Å². The standard InChI is InChI=1S/C13H17BrN2O/c14-11-6-4-10(5-7-11)9-12(16-15)13-3-1-2-8-17-13/h3-7,12,16H,1-2,8-9,15H2. The monoisotopic (exact) mass is 296 g/mol. The first kappa shape index (κ1) is 12.6. The SMILES string of the molecule is NNC(Cc1ccc(Br)cc1)C1=CCCCO1. The molecule has 1 unspecified atom stereocenters. The minimum atomic E-state index is 0.0662. The molecule has 0 fully saturated rings. The Labute approximate surface area is 110 Å². The number of hydrogen-bond donors (Lipinski definition) is 2. The predicted octanol–water partition coefficient (Wildman–Crippen LogP) is 2.52. The van der Waals surface area contributed by atoms with Gasteiger partial charge in [0.2, 0.25) is 0 Å². The van der Waals surface area contributed by atoms with Gasteiger partial charge in [0.15, 0.2) is 0 Å². The van der Waals surface area contributed by atoms with Crippen LogP contribution >= 0.6 is 15.9 Å². The number of nitrogens with two attached hydrogens (primary N) is 1. The zero-order chi connectivity index (χ0) is 12.1. The summed E-state index contributed by atoms with van der Waals surface area (Å²) in [6.07, 6.45) is 5.15. The van der Waals surface area contributed by atoms with Gasteiger partial charge < -0.3 is 4.74 Å². The van der Waals surface area contributed by atoms with E-state index in [0.717, 1.165) is 36.1 Å². The maximum Gasteiger partial charge on any atom is 0.111 e. The van der Waals surface area contributed by atoms with E-state index in [-0.39, 0.29) is 6.04 Å². The first-order valence-corrected chi connectivity index (χ1v) is 6.62. The lowest BCUT2D eigenvalue weighted by molar-refractivity contribution is 0.167. The summed E-state index contributed by atoms with van der Waals surface area (Å²) < 4.78 is 6.73. The van der Waals surface area contributed by atoms with Gasteiger partial charge in [0.05, 0.1) is 12.6 Å². The van der Waals surface area contributed by atoms with Crippen LogP contribution in [0, 0.1) is 0 Å². The number of benzene rings is 1. The highest BCUT2D eigenvalue weighted by atomic mass is 79.9. The van der Waals surface area contributed by atoms with Crippen LogP contribution in [0.1, 0.15) is 18.4 Å². The van der Waals surface area contributed by atoms with E-state index in [1.54, 1.807) is 0 Å². The van der Waals surface area contributed by atoms with E-state index >= 15 is 0 Å². The van der Waals surface area contributed by atoms with Gasteiger partial charge in [-0.05, 0) is 43.0 Å². The number of ether oxygens (including phenoxy) is 1. The quantitative estimate of drug-likeness (QED) is 0.663. The van der Waals surface area contributed by atoms with E-state index in [0.29, 0.717) is 0 Å². The molecule has 1 heterocycles. The van der Waals surface area contributed by atoms with Crippen LogP contribution in [-0.4, -0.2) is 12.6 Å². The molecule has 1 aromatic rings. The Balaban J connectivity index is 2.04. The fraction of sp³-hybridized carbons (Fsp3) is 0.385. The summed E-state index contributed by atoms with van der Waals surface area (Å²) in [5, 5.41) is 0. The van der Waals surface area contributed by atoms with Crippen LogP contribution in [0.4, 0.5) is 0 Å². The van der Waals surface area contributed by atoms with Gasteiger partial charge in [0.25, 0.3) is 0 Å². The second kappa shape index (κ2) is 6.19. The number of halogens is 1. The van der Waals surface area contributed by atoms with Crippen LogP contribution in [-0.2, 0) is 11.2 Å². The number of rotatable bonds is 4. The molecule has 92 valence electrons. The molecule has 0 aliphatic carbocycles. The summed E-state index contributed by atoms with van der Waals surface area (Å²) in [7, 11) is 0. The maximum absolute atomic E-state index is 5.64. The van der Waals surface area contributed by atoms with E-state index in [2.05, 4.69) is 39.6 Å². The molecule has 0 spiro atoms. The summed E-state index contributed by atoms with van der Waals surface area (Å²) in [4.78, 5) is 0. The Morgan fingerprint density at radius 2 is 2.12 bits per heavy atom. The van der Waals surface area contributed by atoms with Crippen LogP contribution in [0.3, 0.4) is 0 Å². The molecule has 1 atom stereocenters. The lowest BCUT2D eigenvalue weighted by Gasteiger charge is -2.23. The summed E-state index contributed by atoms with van der Waals surface area (Å²) in [6.45, 7) is 0.796. The summed E-state index contributed by atoms with van der Waals surface area (Å²) in [5.74, 6) is 6.58. The van der Waals surface area contributed by atoms with Crippen molar-refractivity contribution in [2.45, 2.75) is 25.3 Å². The second-order valence-electron chi connectivity index (χ2n) is 4.15. The van der Waals surface area contributed by atoms with E-state index < -0.39 is 0 Å². The summed E-state index contributed by atoms with van der Waals surface area (Å²) in [5.41, 5.74) is 4.07. The van der Waals surface area contributed by atoms with Crippen molar-refractivity contribution in [1.82, 2.24) is 5.43 Å². The van der Waals surface area contributed by atoms with Gasteiger partial charge in [-0.25, -0.2) is 5.43 Å². The van der Waals surface area contributed by atoms with E-state index in [1.165, 1.54) is 5.56 Å².